The minimum absolute atomic E-state index is 0.00956. The first-order chi connectivity index (χ1) is 15.5. The Bertz CT molecular complexity index is 885. The SMILES string of the molecule is CCOc1ccc(OCC(=O)NC2CCN(C(=O)c3cc(OC)cc(OC)c3)CC2)cc1. The van der Waals surface area contributed by atoms with Gasteiger partial charge in [0.05, 0.1) is 20.8 Å². The molecule has 1 aliphatic rings. The van der Waals surface area contributed by atoms with Gasteiger partial charge in [-0.2, -0.15) is 0 Å². The molecule has 0 saturated carbocycles. The number of hydrogen-bond donors (Lipinski definition) is 1. The second-order valence-electron chi connectivity index (χ2n) is 7.43. The first-order valence-corrected chi connectivity index (χ1v) is 10.7. The second-order valence-corrected chi connectivity index (χ2v) is 7.43. The molecule has 2 aromatic carbocycles. The Morgan fingerprint density at radius 1 is 0.906 bits per heavy atom. The van der Waals surface area contributed by atoms with Crippen LogP contribution in [0.2, 0.25) is 0 Å². The van der Waals surface area contributed by atoms with Crippen LogP contribution in [-0.2, 0) is 4.79 Å². The van der Waals surface area contributed by atoms with Gasteiger partial charge in [0.15, 0.2) is 6.61 Å². The van der Waals surface area contributed by atoms with E-state index in [-0.39, 0.29) is 24.5 Å². The van der Waals surface area contributed by atoms with Crippen molar-refractivity contribution >= 4 is 11.8 Å². The molecule has 32 heavy (non-hydrogen) atoms. The Labute approximate surface area is 188 Å². The van der Waals surface area contributed by atoms with Crippen molar-refractivity contribution in [3.63, 3.8) is 0 Å². The molecular formula is C24H30N2O6. The number of piperidine rings is 1. The number of nitrogens with one attached hydrogen (secondary N) is 1. The predicted molar refractivity (Wildman–Crippen MR) is 120 cm³/mol. The molecule has 0 unspecified atom stereocenters. The highest BCUT2D eigenvalue weighted by Gasteiger charge is 2.25. The van der Waals surface area contributed by atoms with Gasteiger partial charge in [-0.3, -0.25) is 9.59 Å². The maximum Gasteiger partial charge on any atom is 0.258 e. The summed E-state index contributed by atoms with van der Waals surface area (Å²) in [4.78, 5) is 26.9. The van der Waals surface area contributed by atoms with E-state index in [2.05, 4.69) is 5.32 Å². The smallest absolute Gasteiger partial charge is 0.258 e. The third-order valence-electron chi connectivity index (χ3n) is 5.25. The summed E-state index contributed by atoms with van der Waals surface area (Å²) >= 11 is 0. The first kappa shape index (κ1) is 23.2. The summed E-state index contributed by atoms with van der Waals surface area (Å²) in [6.07, 6.45) is 1.36. The molecule has 8 heteroatoms. The molecule has 0 radical (unpaired) electrons. The van der Waals surface area contributed by atoms with Crippen LogP contribution in [0.1, 0.15) is 30.1 Å². The van der Waals surface area contributed by atoms with Crippen LogP contribution in [-0.4, -0.2) is 63.3 Å². The van der Waals surface area contributed by atoms with Crippen LogP contribution in [0, 0.1) is 0 Å². The topological polar surface area (TPSA) is 86.3 Å². The van der Waals surface area contributed by atoms with Crippen LogP contribution >= 0.6 is 0 Å². The number of ether oxygens (including phenoxy) is 4. The van der Waals surface area contributed by atoms with Crippen LogP contribution in [0.5, 0.6) is 23.0 Å². The van der Waals surface area contributed by atoms with E-state index >= 15 is 0 Å². The van der Waals surface area contributed by atoms with Crippen LogP contribution in [0.4, 0.5) is 0 Å². The Hall–Kier alpha value is -3.42. The molecule has 8 nitrogen and oxygen atoms in total. The molecule has 2 aromatic rings. The Kier molecular flexibility index (Phi) is 8.19. The van der Waals surface area contributed by atoms with Gasteiger partial charge in [-0.15, -0.1) is 0 Å². The van der Waals surface area contributed by atoms with E-state index < -0.39 is 0 Å². The van der Waals surface area contributed by atoms with E-state index in [4.69, 9.17) is 18.9 Å². The van der Waals surface area contributed by atoms with Crippen molar-refractivity contribution < 1.29 is 28.5 Å². The maximum atomic E-state index is 12.9. The highest BCUT2D eigenvalue weighted by atomic mass is 16.5. The molecule has 0 atom stereocenters. The number of amides is 2. The molecule has 1 fully saturated rings. The number of carbonyl (C=O) groups excluding carboxylic acids is 2. The van der Waals surface area contributed by atoms with Crippen molar-refractivity contribution in [3.05, 3.63) is 48.0 Å². The zero-order valence-corrected chi connectivity index (χ0v) is 18.8. The van der Waals surface area contributed by atoms with Gasteiger partial charge in [0.2, 0.25) is 0 Å². The van der Waals surface area contributed by atoms with Crippen molar-refractivity contribution in [2.75, 3.05) is 40.5 Å². The molecule has 3 rings (SSSR count). The van der Waals surface area contributed by atoms with Crippen LogP contribution < -0.4 is 24.3 Å². The molecule has 1 saturated heterocycles. The van der Waals surface area contributed by atoms with Gasteiger partial charge >= 0.3 is 0 Å². The van der Waals surface area contributed by atoms with E-state index in [0.29, 0.717) is 55.4 Å². The number of methoxy groups -OCH3 is 2. The molecule has 2 amide bonds. The van der Waals surface area contributed by atoms with Crippen molar-refractivity contribution in [1.82, 2.24) is 10.2 Å². The molecule has 0 spiro atoms. The third-order valence-corrected chi connectivity index (χ3v) is 5.25. The summed E-state index contributed by atoms with van der Waals surface area (Å²) in [5.41, 5.74) is 0.521. The lowest BCUT2D eigenvalue weighted by molar-refractivity contribution is -0.124. The summed E-state index contributed by atoms with van der Waals surface area (Å²) in [6, 6.07) is 12.3. The fourth-order valence-corrected chi connectivity index (χ4v) is 3.56. The number of hydrogen-bond acceptors (Lipinski definition) is 6. The summed E-state index contributed by atoms with van der Waals surface area (Å²) in [7, 11) is 3.10. The largest absolute Gasteiger partial charge is 0.497 e. The Morgan fingerprint density at radius 3 is 2.00 bits per heavy atom. The summed E-state index contributed by atoms with van der Waals surface area (Å²) in [6.45, 7) is 3.58. The average molecular weight is 443 g/mol. The molecule has 1 N–H and O–H groups in total. The van der Waals surface area contributed by atoms with Crippen LogP contribution in [0.3, 0.4) is 0 Å². The predicted octanol–water partition coefficient (Wildman–Crippen LogP) is 2.90. The highest BCUT2D eigenvalue weighted by Crippen LogP contribution is 2.24. The molecule has 0 bridgehead atoms. The van der Waals surface area contributed by atoms with E-state index in [1.54, 1.807) is 61.6 Å². The summed E-state index contributed by atoms with van der Waals surface area (Å²) < 4.78 is 21.4. The number of rotatable bonds is 9. The van der Waals surface area contributed by atoms with E-state index in [9.17, 15) is 9.59 Å². The van der Waals surface area contributed by atoms with E-state index in [1.807, 2.05) is 6.92 Å². The molecule has 1 aliphatic heterocycles. The first-order valence-electron chi connectivity index (χ1n) is 10.7. The Morgan fingerprint density at radius 2 is 1.47 bits per heavy atom. The molecule has 0 aliphatic carbocycles. The van der Waals surface area contributed by atoms with E-state index in [1.165, 1.54) is 0 Å². The van der Waals surface area contributed by atoms with E-state index in [0.717, 1.165) is 5.75 Å². The quantitative estimate of drug-likeness (QED) is 0.643. The zero-order valence-electron chi connectivity index (χ0n) is 18.8. The monoisotopic (exact) mass is 442 g/mol. The van der Waals surface area contributed by atoms with Gasteiger partial charge in [0, 0.05) is 30.8 Å². The molecular weight excluding hydrogens is 412 g/mol. The van der Waals surface area contributed by atoms with Gasteiger partial charge in [0.25, 0.3) is 11.8 Å². The van der Waals surface area contributed by atoms with Gasteiger partial charge in [-0.25, -0.2) is 0 Å². The van der Waals surface area contributed by atoms with Gasteiger partial charge < -0.3 is 29.2 Å². The summed E-state index contributed by atoms with van der Waals surface area (Å²) in [5, 5.41) is 2.99. The average Bonchev–Trinajstić information content (AvgIpc) is 2.83. The van der Waals surface area contributed by atoms with Crippen molar-refractivity contribution in [2.24, 2.45) is 0 Å². The van der Waals surface area contributed by atoms with Crippen LogP contribution in [0.15, 0.2) is 42.5 Å². The maximum absolute atomic E-state index is 12.9. The molecule has 0 aromatic heterocycles. The Balaban J connectivity index is 1.45. The van der Waals surface area contributed by atoms with Crippen molar-refractivity contribution in [3.8, 4) is 23.0 Å². The second kappa shape index (κ2) is 11.3. The third kappa shape index (κ3) is 6.29. The lowest BCUT2D eigenvalue weighted by Crippen LogP contribution is -2.47. The van der Waals surface area contributed by atoms with Gasteiger partial charge in [0.1, 0.15) is 23.0 Å². The van der Waals surface area contributed by atoms with Gasteiger partial charge in [-0.1, -0.05) is 0 Å². The van der Waals surface area contributed by atoms with Crippen LogP contribution in [0.25, 0.3) is 0 Å². The standard InChI is InChI=1S/C24H30N2O6/c1-4-31-19-5-7-20(8-6-19)32-16-23(27)25-18-9-11-26(12-10-18)24(28)17-13-21(29-2)15-22(14-17)30-3/h5-8,13-15,18H,4,9-12,16H2,1-3H3,(H,25,27). The number of likely N-dealkylation sites (tertiary alicyclic amines) is 1. The zero-order chi connectivity index (χ0) is 22.9. The normalized spacial score (nSPS) is 13.9. The van der Waals surface area contributed by atoms with Gasteiger partial charge in [-0.05, 0) is 56.2 Å². The highest BCUT2D eigenvalue weighted by molar-refractivity contribution is 5.95. The summed E-state index contributed by atoms with van der Waals surface area (Å²) in [5.74, 6) is 2.26. The molecule has 172 valence electrons. The molecule has 1 heterocycles. The number of benzene rings is 2. The fourth-order valence-electron chi connectivity index (χ4n) is 3.56. The van der Waals surface area contributed by atoms with Crippen molar-refractivity contribution in [2.45, 2.75) is 25.8 Å². The lowest BCUT2D eigenvalue weighted by Gasteiger charge is -2.32. The number of nitrogens with zero attached hydrogens (tertiary/aromatic N) is 1. The fraction of sp³-hybridized carbons (Fsp3) is 0.417. The van der Waals surface area contributed by atoms with Crippen molar-refractivity contribution in [1.29, 1.82) is 0 Å². The lowest BCUT2D eigenvalue weighted by atomic mass is 10.0. The minimum Gasteiger partial charge on any atom is -0.497 e. The number of carbonyl (C=O) groups is 2. The minimum atomic E-state index is -0.179.